The highest BCUT2D eigenvalue weighted by Gasteiger charge is 2.07. The summed E-state index contributed by atoms with van der Waals surface area (Å²) in [7, 11) is 1.59. The molecule has 0 atom stereocenters. The Balaban J connectivity index is 1.97. The second-order valence-electron chi connectivity index (χ2n) is 5.27. The van der Waals surface area contributed by atoms with Crippen LogP contribution in [0.1, 0.15) is 16.7 Å². The van der Waals surface area contributed by atoms with Gasteiger partial charge in [-0.1, -0.05) is 12.1 Å². The van der Waals surface area contributed by atoms with Crippen molar-refractivity contribution in [2.75, 3.05) is 19.0 Å². The molecule has 1 N–H and O–H groups in total. The zero-order valence-electron chi connectivity index (χ0n) is 13.4. The van der Waals surface area contributed by atoms with Gasteiger partial charge in [-0.05, 0) is 55.7 Å². The summed E-state index contributed by atoms with van der Waals surface area (Å²) in [5.74, 6) is 1.23. The lowest BCUT2D eigenvalue weighted by atomic mass is 10.1. The minimum absolute atomic E-state index is 0.0272. The van der Waals surface area contributed by atoms with E-state index in [1.807, 2.05) is 38.1 Å². The maximum absolute atomic E-state index is 12.0. The van der Waals surface area contributed by atoms with Crippen LogP contribution >= 0.6 is 0 Å². The van der Waals surface area contributed by atoms with E-state index in [2.05, 4.69) is 18.3 Å². The summed E-state index contributed by atoms with van der Waals surface area (Å²) in [6.45, 7) is 6.03. The Bertz CT molecular complexity index is 680. The molecule has 0 aromatic heterocycles. The fourth-order valence-corrected chi connectivity index (χ4v) is 2.13. The van der Waals surface area contributed by atoms with Crippen molar-refractivity contribution in [3.05, 3.63) is 53.1 Å². The molecule has 116 valence electrons. The van der Waals surface area contributed by atoms with Crippen LogP contribution in [0.2, 0.25) is 0 Å². The van der Waals surface area contributed by atoms with E-state index >= 15 is 0 Å². The van der Waals surface area contributed by atoms with Gasteiger partial charge in [-0.2, -0.15) is 0 Å². The van der Waals surface area contributed by atoms with Gasteiger partial charge < -0.3 is 14.8 Å². The molecule has 0 saturated carbocycles. The molecule has 0 aliphatic rings. The highest BCUT2D eigenvalue weighted by molar-refractivity contribution is 5.92. The van der Waals surface area contributed by atoms with Crippen molar-refractivity contribution in [1.29, 1.82) is 0 Å². The van der Waals surface area contributed by atoms with Crippen LogP contribution in [-0.4, -0.2) is 19.6 Å². The second-order valence-corrected chi connectivity index (χ2v) is 5.27. The van der Waals surface area contributed by atoms with Gasteiger partial charge in [0.25, 0.3) is 5.91 Å². The second kappa shape index (κ2) is 6.98. The van der Waals surface area contributed by atoms with E-state index in [1.54, 1.807) is 13.2 Å². The number of hydrogen-bond donors (Lipinski definition) is 1. The zero-order chi connectivity index (χ0) is 16.1. The largest absolute Gasteiger partial charge is 0.497 e. The van der Waals surface area contributed by atoms with E-state index in [1.165, 1.54) is 5.56 Å². The van der Waals surface area contributed by atoms with Gasteiger partial charge in [-0.3, -0.25) is 4.79 Å². The van der Waals surface area contributed by atoms with E-state index in [-0.39, 0.29) is 12.5 Å². The third-order valence-electron chi connectivity index (χ3n) is 3.50. The van der Waals surface area contributed by atoms with Crippen LogP contribution in [-0.2, 0) is 4.79 Å². The molecule has 2 rings (SSSR count). The predicted molar refractivity (Wildman–Crippen MR) is 87.8 cm³/mol. The molecule has 2 aromatic rings. The van der Waals surface area contributed by atoms with Crippen LogP contribution in [0.3, 0.4) is 0 Å². The number of rotatable bonds is 5. The molecule has 22 heavy (non-hydrogen) atoms. The third-order valence-corrected chi connectivity index (χ3v) is 3.50. The zero-order valence-corrected chi connectivity index (χ0v) is 13.4. The maximum Gasteiger partial charge on any atom is 0.262 e. The first-order valence-electron chi connectivity index (χ1n) is 7.14. The number of amides is 1. The Morgan fingerprint density at radius 2 is 1.77 bits per heavy atom. The van der Waals surface area contributed by atoms with E-state index in [0.717, 1.165) is 16.9 Å². The normalized spacial score (nSPS) is 10.2. The van der Waals surface area contributed by atoms with E-state index < -0.39 is 0 Å². The Morgan fingerprint density at radius 1 is 1.05 bits per heavy atom. The molecule has 0 aliphatic heterocycles. The van der Waals surface area contributed by atoms with Crippen LogP contribution in [0.5, 0.6) is 11.5 Å². The molecule has 0 fully saturated rings. The summed E-state index contributed by atoms with van der Waals surface area (Å²) < 4.78 is 10.7. The van der Waals surface area contributed by atoms with Crippen molar-refractivity contribution in [2.24, 2.45) is 0 Å². The Hall–Kier alpha value is -2.49. The molecule has 4 nitrogen and oxygen atoms in total. The number of benzene rings is 2. The van der Waals surface area contributed by atoms with Crippen LogP contribution in [0.25, 0.3) is 0 Å². The molecule has 0 radical (unpaired) electrons. The van der Waals surface area contributed by atoms with E-state index in [0.29, 0.717) is 11.4 Å². The lowest BCUT2D eigenvalue weighted by molar-refractivity contribution is -0.118. The minimum Gasteiger partial charge on any atom is -0.497 e. The van der Waals surface area contributed by atoms with Crippen molar-refractivity contribution in [1.82, 2.24) is 0 Å². The highest BCUT2D eigenvalue weighted by atomic mass is 16.5. The number of methoxy groups -OCH3 is 1. The number of aryl methyl sites for hydroxylation is 3. The predicted octanol–water partition coefficient (Wildman–Crippen LogP) is 3.64. The van der Waals surface area contributed by atoms with Crippen molar-refractivity contribution in [3.63, 3.8) is 0 Å². The number of hydrogen-bond acceptors (Lipinski definition) is 3. The smallest absolute Gasteiger partial charge is 0.262 e. The number of ether oxygens (including phenoxy) is 2. The number of carbonyl (C=O) groups excluding carboxylic acids is 1. The molecular weight excluding hydrogens is 278 g/mol. The standard InChI is InChI=1S/C18H21NO3/c1-12-8-14(3)17(9-13(12)2)22-11-18(20)19-15-6-5-7-16(10-15)21-4/h5-10H,11H2,1-4H3,(H,19,20). The quantitative estimate of drug-likeness (QED) is 0.917. The van der Waals surface area contributed by atoms with E-state index in [9.17, 15) is 4.79 Å². The molecule has 0 bridgehead atoms. The summed E-state index contributed by atoms with van der Waals surface area (Å²) in [5, 5.41) is 2.79. The molecule has 0 spiro atoms. The first-order valence-corrected chi connectivity index (χ1v) is 7.14. The molecule has 2 aromatic carbocycles. The Morgan fingerprint density at radius 3 is 2.50 bits per heavy atom. The van der Waals surface area contributed by atoms with Gasteiger partial charge >= 0.3 is 0 Å². The van der Waals surface area contributed by atoms with Crippen LogP contribution in [0.4, 0.5) is 5.69 Å². The van der Waals surface area contributed by atoms with Gasteiger partial charge in [0.1, 0.15) is 11.5 Å². The average Bonchev–Trinajstić information content (AvgIpc) is 2.49. The molecule has 0 saturated heterocycles. The fraction of sp³-hybridized carbons (Fsp3) is 0.278. The minimum atomic E-state index is -0.203. The van der Waals surface area contributed by atoms with Crippen molar-refractivity contribution >= 4 is 11.6 Å². The molecule has 0 heterocycles. The summed E-state index contributed by atoms with van der Waals surface area (Å²) in [6.07, 6.45) is 0. The molecular formula is C18H21NO3. The summed E-state index contributed by atoms with van der Waals surface area (Å²) >= 11 is 0. The van der Waals surface area contributed by atoms with Gasteiger partial charge in [0, 0.05) is 11.8 Å². The monoisotopic (exact) mass is 299 g/mol. The Kier molecular flexibility index (Phi) is 5.04. The highest BCUT2D eigenvalue weighted by Crippen LogP contribution is 2.22. The van der Waals surface area contributed by atoms with Crippen LogP contribution in [0.15, 0.2) is 36.4 Å². The number of anilines is 1. The molecule has 0 aliphatic carbocycles. The first kappa shape index (κ1) is 15.9. The van der Waals surface area contributed by atoms with Gasteiger partial charge in [0.05, 0.1) is 7.11 Å². The van der Waals surface area contributed by atoms with Crippen molar-refractivity contribution in [3.8, 4) is 11.5 Å². The SMILES string of the molecule is COc1cccc(NC(=O)COc2cc(C)c(C)cc2C)c1. The van der Waals surface area contributed by atoms with Gasteiger partial charge in [-0.15, -0.1) is 0 Å². The van der Waals surface area contributed by atoms with Crippen LogP contribution in [0, 0.1) is 20.8 Å². The van der Waals surface area contributed by atoms with Crippen molar-refractivity contribution in [2.45, 2.75) is 20.8 Å². The maximum atomic E-state index is 12.0. The first-order chi connectivity index (χ1) is 10.5. The summed E-state index contributed by atoms with van der Waals surface area (Å²) in [6, 6.07) is 11.2. The van der Waals surface area contributed by atoms with Gasteiger partial charge in [0.15, 0.2) is 6.61 Å². The molecule has 1 amide bonds. The number of nitrogens with one attached hydrogen (secondary N) is 1. The van der Waals surface area contributed by atoms with Crippen LogP contribution < -0.4 is 14.8 Å². The fourth-order valence-electron chi connectivity index (χ4n) is 2.13. The van der Waals surface area contributed by atoms with E-state index in [4.69, 9.17) is 9.47 Å². The molecule has 4 heteroatoms. The van der Waals surface area contributed by atoms with Gasteiger partial charge in [0.2, 0.25) is 0 Å². The molecule has 0 unspecified atom stereocenters. The summed E-state index contributed by atoms with van der Waals surface area (Å²) in [5.41, 5.74) is 4.07. The lowest BCUT2D eigenvalue weighted by Gasteiger charge is -2.12. The lowest BCUT2D eigenvalue weighted by Crippen LogP contribution is -2.20. The average molecular weight is 299 g/mol. The topological polar surface area (TPSA) is 47.6 Å². The third kappa shape index (κ3) is 4.01. The Labute approximate surface area is 131 Å². The number of carbonyl (C=O) groups is 1. The van der Waals surface area contributed by atoms with Gasteiger partial charge in [-0.25, -0.2) is 0 Å². The van der Waals surface area contributed by atoms with Crippen molar-refractivity contribution < 1.29 is 14.3 Å². The summed E-state index contributed by atoms with van der Waals surface area (Å²) in [4.78, 5) is 12.0.